The molecule has 5 rings (SSSR count). The van der Waals surface area contributed by atoms with Crippen LogP contribution in [-0.2, 0) is 12.8 Å². The molecule has 8 nitrogen and oxygen atoms in total. The number of aryl methyl sites for hydroxylation is 2. The third-order valence-electron chi connectivity index (χ3n) is 5.32. The van der Waals surface area contributed by atoms with Gasteiger partial charge in [0.2, 0.25) is 0 Å². The van der Waals surface area contributed by atoms with Gasteiger partial charge in [0.05, 0.1) is 6.04 Å². The Morgan fingerprint density at radius 2 is 2.00 bits per heavy atom. The highest BCUT2D eigenvalue weighted by molar-refractivity contribution is 5.54. The van der Waals surface area contributed by atoms with Gasteiger partial charge in [-0.05, 0) is 38.3 Å². The van der Waals surface area contributed by atoms with Crippen molar-refractivity contribution in [3.63, 3.8) is 0 Å². The van der Waals surface area contributed by atoms with Crippen LogP contribution in [-0.4, -0.2) is 56.0 Å². The maximum absolute atomic E-state index is 4.65. The molecule has 25 heavy (non-hydrogen) atoms. The normalized spacial score (nSPS) is 17.0. The molecule has 0 amide bonds. The monoisotopic (exact) mass is 336 g/mol. The molecule has 0 atom stereocenters. The van der Waals surface area contributed by atoms with Crippen molar-refractivity contribution >= 4 is 17.3 Å². The van der Waals surface area contributed by atoms with E-state index >= 15 is 0 Å². The zero-order valence-electron chi connectivity index (χ0n) is 14.4. The lowest BCUT2D eigenvalue weighted by molar-refractivity contribution is 0.486. The Labute approximate surface area is 145 Å². The molecule has 1 aliphatic carbocycles. The Morgan fingerprint density at radius 1 is 1.12 bits per heavy atom. The van der Waals surface area contributed by atoms with Crippen LogP contribution in [0, 0.1) is 6.92 Å². The third kappa shape index (κ3) is 2.24. The second-order valence-electron chi connectivity index (χ2n) is 6.85. The third-order valence-corrected chi connectivity index (χ3v) is 5.32. The molecule has 0 unspecified atom stereocenters. The van der Waals surface area contributed by atoms with E-state index in [0.717, 1.165) is 49.0 Å². The summed E-state index contributed by atoms with van der Waals surface area (Å²) in [5.74, 6) is 2.88. The summed E-state index contributed by atoms with van der Waals surface area (Å²) in [5.41, 5.74) is 3.35. The molecule has 128 valence electrons. The summed E-state index contributed by atoms with van der Waals surface area (Å²) in [6.45, 7) is 3.79. The van der Waals surface area contributed by atoms with Gasteiger partial charge in [-0.25, -0.2) is 9.97 Å². The fourth-order valence-corrected chi connectivity index (χ4v) is 3.76. The maximum Gasteiger partial charge on any atom is 0.178 e. The number of nitrogens with zero attached hydrogens (tertiary/aromatic N) is 8. The first-order valence-electron chi connectivity index (χ1n) is 8.70. The first-order valence-corrected chi connectivity index (χ1v) is 8.70. The molecule has 0 saturated carbocycles. The van der Waals surface area contributed by atoms with Gasteiger partial charge in [0.25, 0.3) is 0 Å². The maximum atomic E-state index is 4.65. The molecule has 0 radical (unpaired) electrons. The fraction of sp³-hybridized carbons (Fsp3) is 0.471. The topological polar surface area (TPSA) is 75.3 Å². The molecule has 3 aromatic heterocycles. The number of likely N-dealkylation sites (N-methyl/N-ethyl adjacent to an activating group) is 1. The van der Waals surface area contributed by atoms with E-state index in [4.69, 9.17) is 0 Å². The summed E-state index contributed by atoms with van der Waals surface area (Å²) in [6, 6.07) is 4.43. The highest BCUT2D eigenvalue weighted by Crippen LogP contribution is 2.30. The average Bonchev–Trinajstić information content (AvgIpc) is 3.20. The van der Waals surface area contributed by atoms with Crippen LogP contribution >= 0.6 is 0 Å². The SMILES string of the molecule is Cc1nnc2ccc(N3CC(N(C)c4ncnc5c4CCC5)C3)nn12. The van der Waals surface area contributed by atoms with Gasteiger partial charge in [0.15, 0.2) is 11.5 Å². The van der Waals surface area contributed by atoms with E-state index in [9.17, 15) is 0 Å². The highest BCUT2D eigenvalue weighted by Gasteiger charge is 2.33. The smallest absolute Gasteiger partial charge is 0.178 e. The van der Waals surface area contributed by atoms with Gasteiger partial charge in [-0.15, -0.1) is 15.3 Å². The van der Waals surface area contributed by atoms with Crippen molar-refractivity contribution in [3.8, 4) is 0 Å². The lowest BCUT2D eigenvalue weighted by Gasteiger charge is -2.45. The number of anilines is 2. The summed E-state index contributed by atoms with van der Waals surface area (Å²) in [5, 5.41) is 12.8. The number of fused-ring (bicyclic) bond motifs is 2. The fourth-order valence-electron chi connectivity index (χ4n) is 3.76. The minimum absolute atomic E-state index is 0.444. The molecule has 1 fully saturated rings. The zero-order chi connectivity index (χ0) is 17.0. The molecule has 0 bridgehead atoms. The average molecular weight is 336 g/mol. The van der Waals surface area contributed by atoms with Crippen molar-refractivity contribution < 1.29 is 0 Å². The van der Waals surface area contributed by atoms with E-state index in [1.54, 1.807) is 10.8 Å². The molecular weight excluding hydrogens is 316 g/mol. The van der Waals surface area contributed by atoms with Gasteiger partial charge in [-0.1, -0.05) is 0 Å². The molecule has 3 aromatic rings. The van der Waals surface area contributed by atoms with Crippen molar-refractivity contribution in [2.45, 2.75) is 32.2 Å². The van der Waals surface area contributed by atoms with Crippen LogP contribution < -0.4 is 9.80 Å². The number of hydrogen-bond acceptors (Lipinski definition) is 7. The Bertz CT molecular complexity index is 943. The van der Waals surface area contributed by atoms with Gasteiger partial charge >= 0.3 is 0 Å². The minimum atomic E-state index is 0.444. The molecule has 0 aromatic carbocycles. The molecule has 8 heteroatoms. The number of aromatic nitrogens is 6. The summed E-state index contributed by atoms with van der Waals surface area (Å²) in [7, 11) is 2.14. The van der Waals surface area contributed by atoms with Crippen molar-refractivity contribution in [1.82, 2.24) is 29.8 Å². The van der Waals surface area contributed by atoms with Crippen LogP contribution in [0.4, 0.5) is 11.6 Å². The van der Waals surface area contributed by atoms with Crippen LogP contribution in [0.1, 0.15) is 23.5 Å². The molecule has 2 aliphatic rings. The largest absolute Gasteiger partial charge is 0.353 e. The lowest BCUT2D eigenvalue weighted by atomic mass is 10.1. The summed E-state index contributed by atoms with van der Waals surface area (Å²) in [4.78, 5) is 13.6. The van der Waals surface area contributed by atoms with Crippen LogP contribution in [0.5, 0.6) is 0 Å². The van der Waals surface area contributed by atoms with Crippen LogP contribution in [0.15, 0.2) is 18.5 Å². The van der Waals surface area contributed by atoms with E-state index in [1.165, 1.54) is 17.7 Å². The Balaban J connectivity index is 1.34. The van der Waals surface area contributed by atoms with Crippen molar-refractivity contribution in [2.75, 3.05) is 29.9 Å². The first kappa shape index (κ1) is 14.6. The first-order chi connectivity index (χ1) is 12.2. The van der Waals surface area contributed by atoms with Crippen LogP contribution in [0.2, 0.25) is 0 Å². The molecule has 0 N–H and O–H groups in total. The Hall–Kier alpha value is -2.77. The van der Waals surface area contributed by atoms with E-state index in [-0.39, 0.29) is 0 Å². The number of hydrogen-bond donors (Lipinski definition) is 0. The Morgan fingerprint density at radius 3 is 2.88 bits per heavy atom. The predicted octanol–water partition coefficient (Wildman–Crippen LogP) is 1.04. The molecule has 0 spiro atoms. The Kier molecular flexibility index (Phi) is 3.13. The van der Waals surface area contributed by atoms with E-state index in [0.29, 0.717) is 6.04 Å². The quantitative estimate of drug-likeness (QED) is 0.707. The van der Waals surface area contributed by atoms with Gasteiger partial charge in [-0.3, -0.25) is 0 Å². The second kappa shape index (κ2) is 5.37. The van der Waals surface area contributed by atoms with Crippen molar-refractivity contribution in [1.29, 1.82) is 0 Å². The highest BCUT2D eigenvalue weighted by atomic mass is 15.4. The van der Waals surface area contributed by atoms with Crippen molar-refractivity contribution in [3.05, 3.63) is 35.5 Å². The van der Waals surface area contributed by atoms with Gasteiger partial charge in [0.1, 0.15) is 18.0 Å². The van der Waals surface area contributed by atoms with E-state index in [1.807, 2.05) is 19.1 Å². The standard InChI is InChI=1S/C17H20N8/c1-11-20-21-15-6-7-16(22-25(11)15)24-8-12(9-24)23(2)17-13-4-3-5-14(13)18-10-19-17/h6-7,10,12H,3-5,8-9H2,1-2H3. The predicted molar refractivity (Wildman–Crippen MR) is 94.0 cm³/mol. The van der Waals surface area contributed by atoms with Gasteiger partial charge in [-0.2, -0.15) is 4.52 Å². The second-order valence-corrected chi connectivity index (χ2v) is 6.85. The summed E-state index contributed by atoms with van der Waals surface area (Å²) >= 11 is 0. The zero-order valence-corrected chi connectivity index (χ0v) is 14.4. The molecular formula is C17H20N8. The van der Waals surface area contributed by atoms with E-state index < -0.39 is 0 Å². The van der Waals surface area contributed by atoms with E-state index in [2.05, 4.69) is 42.1 Å². The van der Waals surface area contributed by atoms with Crippen LogP contribution in [0.25, 0.3) is 5.65 Å². The minimum Gasteiger partial charge on any atom is -0.353 e. The molecule has 1 saturated heterocycles. The van der Waals surface area contributed by atoms with Crippen LogP contribution in [0.3, 0.4) is 0 Å². The molecule has 1 aliphatic heterocycles. The summed E-state index contributed by atoms with van der Waals surface area (Å²) < 4.78 is 1.80. The molecule has 4 heterocycles. The number of rotatable bonds is 3. The van der Waals surface area contributed by atoms with Gasteiger partial charge in [0, 0.05) is 31.4 Å². The lowest BCUT2D eigenvalue weighted by Crippen LogP contribution is -2.59. The van der Waals surface area contributed by atoms with Gasteiger partial charge < -0.3 is 9.80 Å². The summed E-state index contributed by atoms with van der Waals surface area (Å²) in [6.07, 6.45) is 5.07. The van der Waals surface area contributed by atoms with Crippen molar-refractivity contribution in [2.24, 2.45) is 0 Å².